The summed E-state index contributed by atoms with van der Waals surface area (Å²) in [5, 5.41) is 9.18. The molecule has 2 saturated carbocycles. The third-order valence-electron chi connectivity index (χ3n) is 8.93. The molecule has 2 aliphatic rings. The second-order valence-corrected chi connectivity index (χ2v) is 11.9. The molecule has 1 N–H and O–H groups in total. The van der Waals surface area contributed by atoms with E-state index in [2.05, 4.69) is 20.1 Å². The van der Waals surface area contributed by atoms with Gasteiger partial charge in [-0.2, -0.15) is 0 Å². The fraction of sp³-hybridized carbons (Fsp3) is 0.806. The van der Waals surface area contributed by atoms with Crippen LogP contribution in [0.15, 0.2) is 24.3 Å². The van der Waals surface area contributed by atoms with Crippen LogP contribution in [-0.4, -0.2) is 36.9 Å². The Morgan fingerprint density at radius 1 is 0.833 bits per heavy atom. The highest BCUT2D eigenvalue weighted by Gasteiger charge is 2.41. The molecular weight excluding hydrogens is 452 g/mol. The molecule has 0 aromatic heterocycles. The van der Waals surface area contributed by atoms with Gasteiger partial charge in [0.25, 0.3) is 0 Å². The number of ether oxygens (including phenoxy) is 2. The number of carbonyl (C=O) groups excluding carboxylic acids is 2. The Labute approximate surface area is 220 Å². The standard InChI is InChI=1S/C31H52O5/c1-6-7-8-9-10-11-25-12-14-26(15-13-25)27-16-18-28(19-17-27)31(5,21-35-29(33)23(2)3)22-36-30(34)24(4)20-32/h25-28,32H,2,4,6-22H2,1,3,5H3. The molecule has 1 unspecified atom stereocenters. The van der Waals surface area contributed by atoms with E-state index < -0.39 is 24.0 Å². The lowest BCUT2D eigenvalue weighted by Gasteiger charge is -2.43. The fourth-order valence-electron chi connectivity index (χ4n) is 6.30. The van der Waals surface area contributed by atoms with E-state index in [1.54, 1.807) is 6.92 Å². The third-order valence-corrected chi connectivity index (χ3v) is 8.93. The molecule has 5 heteroatoms. The van der Waals surface area contributed by atoms with E-state index in [1.807, 2.05) is 6.92 Å². The number of hydrogen-bond donors (Lipinski definition) is 1. The van der Waals surface area contributed by atoms with Crippen molar-refractivity contribution in [3.8, 4) is 0 Å². The maximum absolute atomic E-state index is 12.1. The molecule has 2 aliphatic carbocycles. The fourth-order valence-corrected chi connectivity index (χ4v) is 6.30. The van der Waals surface area contributed by atoms with Crippen molar-refractivity contribution in [2.45, 2.75) is 111 Å². The molecule has 0 amide bonds. The van der Waals surface area contributed by atoms with E-state index >= 15 is 0 Å². The maximum Gasteiger partial charge on any atom is 0.335 e. The molecule has 5 nitrogen and oxygen atoms in total. The van der Waals surface area contributed by atoms with Gasteiger partial charge in [-0.05, 0) is 69.1 Å². The molecule has 1 atom stereocenters. The number of hydrogen-bond acceptors (Lipinski definition) is 5. The van der Waals surface area contributed by atoms with Gasteiger partial charge in [-0.25, -0.2) is 9.59 Å². The van der Waals surface area contributed by atoms with Gasteiger partial charge in [-0.1, -0.05) is 78.4 Å². The molecule has 0 bridgehead atoms. The predicted octanol–water partition coefficient (Wildman–Crippen LogP) is 7.18. The highest BCUT2D eigenvalue weighted by atomic mass is 16.5. The van der Waals surface area contributed by atoms with Crippen LogP contribution in [0.5, 0.6) is 0 Å². The van der Waals surface area contributed by atoms with Crippen LogP contribution in [-0.2, 0) is 19.1 Å². The summed E-state index contributed by atoms with van der Waals surface area (Å²) in [7, 11) is 0. The predicted molar refractivity (Wildman–Crippen MR) is 145 cm³/mol. The van der Waals surface area contributed by atoms with E-state index in [0.29, 0.717) is 11.5 Å². The van der Waals surface area contributed by atoms with Crippen LogP contribution < -0.4 is 0 Å². The third kappa shape index (κ3) is 9.68. The van der Waals surface area contributed by atoms with Crippen molar-refractivity contribution < 1.29 is 24.2 Å². The number of esters is 2. The van der Waals surface area contributed by atoms with Gasteiger partial charge < -0.3 is 14.6 Å². The molecule has 2 fully saturated rings. The Morgan fingerprint density at radius 3 is 1.89 bits per heavy atom. The number of aliphatic hydroxyl groups is 1. The Kier molecular flexibility index (Phi) is 13.3. The summed E-state index contributed by atoms with van der Waals surface area (Å²) in [6, 6.07) is 0. The molecule has 206 valence electrons. The van der Waals surface area contributed by atoms with Crippen LogP contribution in [0.3, 0.4) is 0 Å². The van der Waals surface area contributed by atoms with E-state index in [-0.39, 0.29) is 18.8 Å². The lowest BCUT2D eigenvalue weighted by Crippen LogP contribution is -2.41. The maximum atomic E-state index is 12.1. The van der Waals surface area contributed by atoms with Gasteiger partial charge in [-0.3, -0.25) is 0 Å². The first-order valence-electron chi connectivity index (χ1n) is 14.5. The zero-order valence-corrected chi connectivity index (χ0v) is 23.3. The summed E-state index contributed by atoms with van der Waals surface area (Å²) in [4.78, 5) is 24.2. The van der Waals surface area contributed by atoms with Crippen LogP contribution in [0.25, 0.3) is 0 Å². The minimum Gasteiger partial charge on any atom is -0.462 e. The summed E-state index contributed by atoms with van der Waals surface area (Å²) in [6.07, 6.45) is 18.4. The zero-order valence-electron chi connectivity index (χ0n) is 23.3. The number of aliphatic hydroxyl groups excluding tert-OH is 1. The molecule has 0 spiro atoms. The molecule has 0 aromatic rings. The summed E-state index contributed by atoms with van der Waals surface area (Å²) < 4.78 is 11.1. The van der Waals surface area contributed by atoms with Gasteiger partial charge in [0.15, 0.2) is 0 Å². The Balaban J connectivity index is 1.85. The van der Waals surface area contributed by atoms with Crippen molar-refractivity contribution >= 4 is 11.9 Å². The van der Waals surface area contributed by atoms with Crippen LogP contribution >= 0.6 is 0 Å². The minimum absolute atomic E-state index is 0.0385. The molecule has 0 aliphatic heterocycles. The van der Waals surface area contributed by atoms with Crippen LogP contribution in [0.4, 0.5) is 0 Å². The van der Waals surface area contributed by atoms with Crippen LogP contribution in [0.2, 0.25) is 0 Å². The minimum atomic E-state index is -0.592. The van der Waals surface area contributed by atoms with E-state index in [1.165, 1.54) is 77.0 Å². The molecule has 0 aromatic carbocycles. The molecular formula is C31H52O5. The monoisotopic (exact) mass is 504 g/mol. The van der Waals surface area contributed by atoms with Gasteiger partial charge >= 0.3 is 11.9 Å². The first-order valence-corrected chi connectivity index (χ1v) is 14.5. The second-order valence-electron chi connectivity index (χ2n) is 11.9. The van der Waals surface area contributed by atoms with Gasteiger partial charge in [0, 0.05) is 11.0 Å². The first-order chi connectivity index (χ1) is 17.2. The summed E-state index contributed by atoms with van der Waals surface area (Å²) in [5.74, 6) is 1.87. The SMILES string of the molecule is C=C(C)C(=O)OCC(C)(COC(=O)C(=C)CO)C1CCC(C2CCC(CCCCCCC)CC2)CC1. The summed E-state index contributed by atoms with van der Waals surface area (Å²) in [6.45, 7) is 13.1. The van der Waals surface area contributed by atoms with Crippen LogP contribution in [0, 0.1) is 29.1 Å². The first kappa shape index (κ1) is 30.6. The van der Waals surface area contributed by atoms with E-state index in [9.17, 15) is 14.7 Å². The van der Waals surface area contributed by atoms with Crippen molar-refractivity contribution in [2.75, 3.05) is 19.8 Å². The summed E-state index contributed by atoms with van der Waals surface area (Å²) >= 11 is 0. The lowest BCUT2D eigenvalue weighted by atomic mass is 9.64. The van der Waals surface area contributed by atoms with Crippen molar-refractivity contribution in [1.82, 2.24) is 0 Å². The Morgan fingerprint density at radius 2 is 1.36 bits per heavy atom. The van der Waals surface area contributed by atoms with Crippen molar-refractivity contribution in [1.29, 1.82) is 0 Å². The molecule has 0 heterocycles. The number of carbonyl (C=O) groups is 2. The average molecular weight is 505 g/mol. The van der Waals surface area contributed by atoms with Crippen molar-refractivity contribution in [3.63, 3.8) is 0 Å². The largest absolute Gasteiger partial charge is 0.462 e. The van der Waals surface area contributed by atoms with Gasteiger partial charge in [-0.15, -0.1) is 0 Å². The number of unbranched alkanes of at least 4 members (excludes halogenated alkanes) is 4. The normalized spacial score (nSPS) is 26.0. The van der Waals surface area contributed by atoms with Crippen molar-refractivity contribution in [2.24, 2.45) is 29.1 Å². The molecule has 0 saturated heterocycles. The second kappa shape index (κ2) is 15.6. The summed E-state index contributed by atoms with van der Waals surface area (Å²) in [5.41, 5.74) is -0.0727. The average Bonchev–Trinajstić information content (AvgIpc) is 2.90. The van der Waals surface area contributed by atoms with Crippen molar-refractivity contribution in [3.05, 3.63) is 24.3 Å². The Bertz CT molecular complexity index is 712. The van der Waals surface area contributed by atoms with E-state index in [4.69, 9.17) is 9.47 Å². The lowest BCUT2D eigenvalue weighted by molar-refractivity contribution is -0.152. The van der Waals surface area contributed by atoms with Gasteiger partial charge in [0.1, 0.15) is 13.2 Å². The number of rotatable bonds is 15. The highest BCUT2D eigenvalue weighted by molar-refractivity contribution is 5.88. The van der Waals surface area contributed by atoms with Gasteiger partial charge in [0.2, 0.25) is 0 Å². The van der Waals surface area contributed by atoms with Crippen LogP contribution in [0.1, 0.15) is 111 Å². The Hall–Kier alpha value is -1.62. The van der Waals surface area contributed by atoms with E-state index in [0.717, 1.165) is 30.6 Å². The molecule has 36 heavy (non-hydrogen) atoms. The van der Waals surface area contributed by atoms with Gasteiger partial charge in [0.05, 0.1) is 12.2 Å². The molecule has 0 radical (unpaired) electrons. The zero-order chi connectivity index (χ0) is 26.6. The topological polar surface area (TPSA) is 72.8 Å². The quantitative estimate of drug-likeness (QED) is 0.145. The smallest absolute Gasteiger partial charge is 0.335 e. The molecule has 2 rings (SSSR count). The highest BCUT2D eigenvalue weighted by Crippen LogP contribution is 2.46.